The number of hydrogen-bond donors (Lipinski definition) is 4. The lowest BCUT2D eigenvalue weighted by atomic mass is 10.2. The van der Waals surface area contributed by atoms with Gasteiger partial charge in [0.05, 0.1) is 20.2 Å². The van der Waals surface area contributed by atoms with E-state index in [1.165, 1.54) is 12.1 Å². The van der Waals surface area contributed by atoms with Crippen LogP contribution in [0.3, 0.4) is 0 Å². The highest BCUT2D eigenvalue weighted by Crippen LogP contribution is 2.14. The lowest BCUT2D eigenvalue weighted by molar-refractivity contribution is 0.0696. The van der Waals surface area contributed by atoms with Crippen molar-refractivity contribution in [1.82, 2.24) is 9.66 Å². The number of aromatic carboxylic acids is 1. The lowest BCUT2D eigenvalue weighted by Gasteiger charge is -2.10. The van der Waals surface area contributed by atoms with Crippen LogP contribution in [0.2, 0.25) is 0 Å². The number of carboxylic acid groups (broad SMARTS) is 1. The van der Waals surface area contributed by atoms with Crippen LogP contribution in [0.25, 0.3) is 0 Å². The fraction of sp³-hybridized carbons (Fsp3) is 0. The molecule has 0 saturated heterocycles. The maximum Gasteiger partial charge on any atom is 0.335 e. The number of carboxylic acids is 1. The summed E-state index contributed by atoms with van der Waals surface area (Å²) in [5.41, 5.74) is -0.306. The number of hydrazine groups is 1. The molecule has 0 radical (unpaired) electrons. The topological polar surface area (TPSA) is 190 Å². The molecule has 11 nitrogen and oxygen atoms in total. The molecule has 0 unspecified atom stereocenters. The zero-order chi connectivity index (χ0) is 20.5. The monoisotopic (exact) mass is 435 g/mol. The van der Waals surface area contributed by atoms with E-state index in [2.05, 4.69) is 0 Å². The molecule has 0 bridgehead atoms. The Bertz CT molecular complexity index is 1190. The zero-order valence-electron chi connectivity index (χ0n) is 13.2. The summed E-state index contributed by atoms with van der Waals surface area (Å²) < 4.78 is 70.9. The molecule has 27 heavy (non-hydrogen) atoms. The van der Waals surface area contributed by atoms with Crippen LogP contribution in [0, 0.1) is 0 Å². The van der Waals surface area contributed by atoms with Crippen LogP contribution in [0.1, 0.15) is 10.4 Å². The third-order valence-corrected chi connectivity index (χ3v) is 6.73. The third-order valence-electron chi connectivity index (χ3n) is 3.16. The zero-order valence-corrected chi connectivity index (χ0v) is 15.7. The van der Waals surface area contributed by atoms with Gasteiger partial charge in [-0.15, -0.1) is 9.66 Å². The summed E-state index contributed by atoms with van der Waals surface area (Å²) in [6, 6.07) is 7.98. The van der Waals surface area contributed by atoms with E-state index in [9.17, 15) is 30.0 Å². The molecule has 0 aliphatic heterocycles. The van der Waals surface area contributed by atoms with Gasteiger partial charge in [0.1, 0.15) is 0 Å². The van der Waals surface area contributed by atoms with Gasteiger partial charge in [0.15, 0.2) is 0 Å². The van der Waals surface area contributed by atoms with E-state index in [-0.39, 0.29) is 10.5 Å². The molecular weight excluding hydrogens is 422 g/mol. The van der Waals surface area contributed by atoms with Crippen molar-refractivity contribution in [1.29, 1.82) is 0 Å². The van der Waals surface area contributed by atoms with Gasteiger partial charge in [0, 0.05) is 0 Å². The number of carbonyl (C=O) groups is 1. The molecule has 146 valence electrons. The van der Waals surface area contributed by atoms with Gasteiger partial charge in [-0.3, -0.25) is 0 Å². The molecule has 2 aromatic carbocycles. The van der Waals surface area contributed by atoms with Gasteiger partial charge < -0.3 is 5.11 Å². The Morgan fingerprint density at radius 1 is 0.778 bits per heavy atom. The summed E-state index contributed by atoms with van der Waals surface area (Å²) in [6.45, 7) is 0. The molecule has 2 rings (SSSR count). The second-order valence-corrected chi connectivity index (χ2v) is 9.99. The Labute approximate surface area is 155 Å². The van der Waals surface area contributed by atoms with Crippen LogP contribution in [0.5, 0.6) is 0 Å². The number of hydrogen-bond acceptors (Lipinski definition) is 7. The first kappa shape index (κ1) is 20.9. The molecule has 0 aliphatic rings. The van der Waals surface area contributed by atoms with Crippen molar-refractivity contribution in [3.05, 3.63) is 54.1 Å². The van der Waals surface area contributed by atoms with Crippen LogP contribution in [-0.4, -0.2) is 36.3 Å². The highest BCUT2D eigenvalue weighted by atomic mass is 32.2. The van der Waals surface area contributed by atoms with E-state index < -0.39 is 45.8 Å². The predicted molar refractivity (Wildman–Crippen MR) is 91.9 cm³/mol. The minimum absolute atomic E-state index is 0.306. The predicted octanol–water partition coefficient (Wildman–Crippen LogP) is -0.796. The van der Waals surface area contributed by atoms with E-state index in [0.717, 1.165) is 36.4 Å². The van der Waals surface area contributed by atoms with Crippen molar-refractivity contribution >= 4 is 36.0 Å². The fourth-order valence-corrected chi connectivity index (χ4v) is 4.50. The van der Waals surface area contributed by atoms with Crippen LogP contribution in [-0.2, 0) is 30.1 Å². The summed E-state index contributed by atoms with van der Waals surface area (Å²) in [4.78, 5) is 12.9. The molecule has 0 aliphatic carbocycles. The maximum absolute atomic E-state index is 12.1. The molecule has 14 heteroatoms. The fourth-order valence-electron chi connectivity index (χ4n) is 1.83. The SMILES string of the molecule is NS(=O)(=O)c1ccc(S(=O)(=O)NNS(=O)(=O)c2cccc(C(=O)O)c2)cc1. The molecule has 2 aromatic rings. The van der Waals surface area contributed by atoms with Gasteiger partial charge in [0.25, 0.3) is 20.0 Å². The van der Waals surface area contributed by atoms with Crippen molar-refractivity contribution < 1.29 is 35.2 Å². The average molecular weight is 435 g/mol. The summed E-state index contributed by atoms with van der Waals surface area (Å²) >= 11 is 0. The van der Waals surface area contributed by atoms with Crippen LogP contribution < -0.4 is 14.8 Å². The number of nitrogens with one attached hydrogen (secondary N) is 2. The van der Waals surface area contributed by atoms with Crippen LogP contribution >= 0.6 is 0 Å². The number of benzene rings is 2. The van der Waals surface area contributed by atoms with Crippen molar-refractivity contribution in [3.8, 4) is 0 Å². The summed E-state index contributed by atoms with van der Waals surface area (Å²) in [5.74, 6) is -1.36. The Hall–Kier alpha value is -2.36. The normalized spacial score (nSPS) is 12.6. The molecule has 0 heterocycles. The third kappa shape index (κ3) is 5.09. The minimum atomic E-state index is -4.41. The van der Waals surface area contributed by atoms with Gasteiger partial charge in [-0.1, -0.05) is 6.07 Å². The minimum Gasteiger partial charge on any atom is -0.478 e. The molecule has 0 fully saturated rings. The van der Waals surface area contributed by atoms with Gasteiger partial charge >= 0.3 is 5.97 Å². The van der Waals surface area contributed by atoms with E-state index in [0.29, 0.717) is 0 Å². The van der Waals surface area contributed by atoms with E-state index >= 15 is 0 Å². The molecule has 0 saturated carbocycles. The smallest absolute Gasteiger partial charge is 0.335 e. The van der Waals surface area contributed by atoms with Gasteiger partial charge in [-0.25, -0.2) is 35.2 Å². The van der Waals surface area contributed by atoms with Gasteiger partial charge in [0.2, 0.25) is 10.0 Å². The summed E-state index contributed by atoms with van der Waals surface area (Å²) in [7, 11) is -12.8. The number of sulfonamides is 3. The van der Waals surface area contributed by atoms with E-state index in [1.54, 1.807) is 9.66 Å². The second kappa shape index (κ2) is 7.34. The first-order chi connectivity index (χ1) is 12.3. The summed E-state index contributed by atoms with van der Waals surface area (Å²) in [6.07, 6.45) is 0. The van der Waals surface area contributed by atoms with Gasteiger partial charge in [-0.05, 0) is 42.5 Å². The van der Waals surface area contributed by atoms with Crippen molar-refractivity contribution in [3.63, 3.8) is 0 Å². The largest absolute Gasteiger partial charge is 0.478 e. The highest BCUT2D eigenvalue weighted by Gasteiger charge is 2.21. The number of rotatable bonds is 7. The van der Waals surface area contributed by atoms with Crippen molar-refractivity contribution in [2.45, 2.75) is 14.7 Å². The second-order valence-electron chi connectivity index (χ2n) is 5.06. The molecule has 0 spiro atoms. The number of primary sulfonamides is 1. The molecule has 5 N–H and O–H groups in total. The average Bonchev–Trinajstić information content (AvgIpc) is 2.60. The Balaban J connectivity index is 2.23. The molecule has 0 amide bonds. The van der Waals surface area contributed by atoms with Crippen LogP contribution in [0.4, 0.5) is 0 Å². The first-order valence-electron chi connectivity index (χ1n) is 6.83. The molecule has 0 aromatic heterocycles. The molecular formula is C13H13N3O8S3. The standard InChI is InChI=1S/C13H13N3O8S3/c14-25(19,20)10-4-6-11(7-5-10)26(21,22)15-16-27(23,24)12-3-1-2-9(8-12)13(17)18/h1-8,15-16H,(H,17,18)(H2,14,19,20). The number of nitrogens with two attached hydrogens (primary N) is 1. The quantitative estimate of drug-likeness (QED) is 0.406. The van der Waals surface area contributed by atoms with Crippen molar-refractivity contribution in [2.24, 2.45) is 5.14 Å². The first-order valence-corrected chi connectivity index (χ1v) is 11.3. The van der Waals surface area contributed by atoms with Crippen molar-refractivity contribution in [2.75, 3.05) is 0 Å². The Morgan fingerprint density at radius 2 is 1.26 bits per heavy atom. The lowest BCUT2D eigenvalue weighted by Crippen LogP contribution is -2.41. The molecule has 0 atom stereocenters. The Kier molecular flexibility index (Phi) is 5.69. The Morgan fingerprint density at radius 3 is 1.74 bits per heavy atom. The van der Waals surface area contributed by atoms with Gasteiger partial charge in [-0.2, -0.15) is 0 Å². The van der Waals surface area contributed by atoms with Crippen LogP contribution in [0.15, 0.2) is 63.2 Å². The summed E-state index contributed by atoms with van der Waals surface area (Å²) in [5, 5.41) is 13.8. The highest BCUT2D eigenvalue weighted by molar-refractivity contribution is 7.92. The van der Waals surface area contributed by atoms with E-state index in [1.807, 2.05) is 0 Å². The van der Waals surface area contributed by atoms with E-state index in [4.69, 9.17) is 10.2 Å². The maximum atomic E-state index is 12.1.